The molecule has 18 rings (SSSR count). The fourth-order valence-corrected chi connectivity index (χ4v) is 27.0. The van der Waals surface area contributed by atoms with Crippen molar-refractivity contribution in [3.63, 3.8) is 0 Å². The van der Waals surface area contributed by atoms with Gasteiger partial charge >= 0.3 is 0 Å². The highest BCUT2D eigenvalue weighted by molar-refractivity contribution is 7.20. The van der Waals surface area contributed by atoms with Crippen LogP contribution >= 0.6 is 0 Å². The van der Waals surface area contributed by atoms with Crippen LogP contribution in [0.25, 0.3) is 60.9 Å². The molecule has 1 aromatic heterocycles. The number of hydrogen-bond acceptors (Lipinski definition) is 2. The number of aromatic nitrogens is 1. The molecule has 2 aliphatic rings. The zero-order valence-electron chi connectivity index (χ0n) is 59.7. The lowest BCUT2D eigenvalue weighted by Gasteiger charge is -2.43. The molecule has 16 aromatic rings. The van der Waals surface area contributed by atoms with Crippen molar-refractivity contribution >= 4 is 131 Å². The second-order valence-corrected chi connectivity index (χ2v) is 38.0. The summed E-state index contributed by atoms with van der Waals surface area (Å²) in [4.78, 5) is 2.63. The monoisotopic (exact) mass is 1370 g/mol. The predicted molar refractivity (Wildman–Crippen MR) is 451 cm³/mol. The summed E-state index contributed by atoms with van der Waals surface area (Å²) in [6.45, 7) is 13.7. The van der Waals surface area contributed by atoms with Gasteiger partial charge in [-0.15, -0.1) is 0 Å². The highest BCUT2D eigenvalue weighted by atomic mass is 28.3. The molecule has 0 unspecified atom stereocenters. The van der Waals surface area contributed by atoms with E-state index in [-0.39, 0.29) is 17.5 Å². The molecular weight excluding hydrogens is 1290 g/mol. The maximum Gasteiger partial charge on any atom is 0.252 e. The van der Waals surface area contributed by atoms with Crippen LogP contribution in [0.1, 0.15) is 52.7 Å². The Morgan fingerprint density at radius 2 is 0.760 bits per heavy atom. The van der Waals surface area contributed by atoms with Crippen LogP contribution < -0.4 is 68.1 Å². The highest BCUT2D eigenvalue weighted by Gasteiger charge is 2.47. The van der Waals surface area contributed by atoms with Gasteiger partial charge in [-0.2, -0.15) is 0 Å². The smallest absolute Gasteiger partial charge is 0.252 e. The molecule has 3 heterocycles. The average Bonchev–Trinajstić information content (AvgIpc) is 0.837. The van der Waals surface area contributed by atoms with Gasteiger partial charge in [-0.1, -0.05) is 363 Å². The molecule has 498 valence electrons. The van der Waals surface area contributed by atoms with E-state index in [4.69, 9.17) is 0 Å². The fourth-order valence-electron chi connectivity index (χ4n) is 17.5. The summed E-state index contributed by atoms with van der Waals surface area (Å²) < 4.78 is 2.55. The van der Waals surface area contributed by atoms with Crippen molar-refractivity contribution < 1.29 is 0 Å². The lowest BCUT2D eigenvalue weighted by Crippen LogP contribution is -2.75. The molecule has 0 spiro atoms. The van der Waals surface area contributed by atoms with E-state index in [0.717, 1.165) is 45.2 Å². The molecule has 3 nitrogen and oxygen atoms in total. The second kappa shape index (κ2) is 25.6. The molecule has 0 radical (unpaired) electrons. The molecule has 15 aromatic carbocycles. The topological polar surface area (TPSA) is 20.2 Å². The summed E-state index contributed by atoms with van der Waals surface area (Å²) in [5.74, 6) is 0. The van der Waals surface area contributed by atoms with Gasteiger partial charge in [0.25, 0.3) is 6.71 Å². The number of anilines is 5. The molecule has 0 fully saturated rings. The van der Waals surface area contributed by atoms with Crippen molar-refractivity contribution in [2.45, 2.75) is 52.4 Å². The Hall–Kier alpha value is -11.8. The van der Waals surface area contributed by atoms with Gasteiger partial charge in [-0.3, -0.25) is 0 Å². The number of fused-ring (bicyclic) bond motifs is 7. The molecular formula is C98H80BN3Si2. The van der Waals surface area contributed by atoms with Gasteiger partial charge in [0, 0.05) is 44.8 Å². The largest absolute Gasteiger partial charge is 0.356 e. The van der Waals surface area contributed by atoms with Crippen molar-refractivity contribution in [3.8, 4) is 39.1 Å². The Kier molecular flexibility index (Phi) is 15.8. The van der Waals surface area contributed by atoms with Crippen LogP contribution in [0.2, 0.25) is 0 Å². The third-order valence-corrected chi connectivity index (χ3v) is 32.0. The number of nitrogens with one attached hydrogen (secondary N) is 1. The van der Waals surface area contributed by atoms with Gasteiger partial charge in [0.15, 0.2) is 16.1 Å². The van der Waals surface area contributed by atoms with Crippen LogP contribution in [0.5, 0.6) is 0 Å². The van der Waals surface area contributed by atoms with E-state index in [1.54, 1.807) is 0 Å². The number of benzene rings is 15. The Morgan fingerprint density at radius 1 is 0.298 bits per heavy atom. The molecule has 6 heteroatoms. The van der Waals surface area contributed by atoms with E-state index in [9.17, 15) is 0 Å². The normalized spacial score (nSPS) is 12.8. The number of para-hydroxylation sites is 1. The molecule has 0 saturated carbocycles. The van der Waals surface area contributed by atoms with Crippen molar-refractivity contribution in [2.24, 2.45) is 0 Å². The molecule has 0 amide bonds. The molecule has 0 saturated heterocycles. The zero-order chi connectivity index (χ0) is 70.3. The fraction of sp³-hybridized carbons (Fsp3) is 0.0816. The maximum atomic E-state index is 4.47. The highest BCUT2D eigenvalue weighted by Crippen LogP contribution is 2.47. The maximum absolute atomic E-state index is 4.47. The van der Waals surface area contributed by atoms with E-state index >= 15 is 0 Å². The van der Waals surface area contributed by atoms with Crippen molar-refractivity contribution in [2.75, 3.05) is 10.2 Å². The molecule has 104 heavy (non-hydrogen) atoms. The minimum absolute atomic E-state index is 0.0173. The standard InChI is InChI=1S/C98H80BN3Si2/c1-97(2,3)72-51-49-69(50-52-72)84-60-61-87-96(94(84)71-34-30-33-70(63-71)68-31-14-7-15-32-68)100-89-65-75(102-90-48-29-28-47-85(90)86-59-53-73(64-92(86)102)98(4,5)6)66-93-95(89)99(87)88-67-83(104(79-41-22-11-23-42-79,80-43-24-12-25-44-80)81-45-26-13-27-46-81)58-62-91(88)101(93)74-54-56-82(57-55-74)103(76-35-16-8-17-36-76,77-37-18-9-19-38-77)78-39-20-10-21-40-78/h7-67,100H,1-6H3. The van der Waals surface area contributed by atoms with Crippen molar-refractivity contribution in [1.82, 2.24) is 4.57 Å². The number of nitrogens with zero attached hydrogens (tertiary/aromatic N) is 2. The van der Waals surface area contributed by atoms with Crippen LogP contribution in [-0.4, -0.2) is 27.4 Å². The van der Waals surface area contributed by atoms with Gasteiger partial charge in [0.2, 0.25) is 0 Å². The van der Waals surface area contributed by atoms with Crippen LogP contribution in [0.4, 0.5) is 28.4 Å². The first kappa shape index (κ1) is 64.3. The van der Waals surface area contributed by atoms with Gasteiger partial charge in [-0.05, 0) is 156 Å². The minimum Gasteiger partial charge on any atom is -0.356 e. The van der Waals surface area contributed by atoms with E-state index < -0.39 is 16.1 Å². The summed E-state index contributed by atoms with van der Waals surface area (Å²) in [5, 5.41) is 17.6. The lowest BCUT2D eigenvalue weighted by atomic mass is 9.33. The average molecular weight is 1370 g/mol. The Morgan fingerprint density at radius 3 is 1.31 bits per heavy atom. The summed E-state index contributed by atoms with van der Waals surface area (Å²) in [7, 11) is -6.07. The SMILES string of the molecule is CC(C)(C)c1ccc(-c2ccc3c(c2-c2cccc(-c4ccccc4)c2)Nc2cc(-n4c5ccccc5c5ccc(C(C)(C)C)cc54)cc4c2B3c2cc([Si](c3ccccc3)(c3ccccc3)c3ccccc3)ccc2N4c2ccc([Si](c3ccccc3)(c3ccccc3)c3ccccc3)cc2)cc1. The van der Waals surface area contributed by atoms with Crippen LogP contribution in [0.3, 0.4) is 0 Å². The van der Waals surface area contributed by atoms with Gasteiger partial charge < -0.3 is 14.8 Å². The third-order valence-electron chi connectivity index (χ3n) is 22.4. The molecule has 0 atom stereocenters. The zero-order valence-corrected chi connectivity index (χ0v) is 61.7. The third kappa shape index (κ3) is 10.6. The van der Waals surface area contributed by atoms with Crippen molar-refractivity contribution in [1.29, 1.82) is 0 Å². The quantitative estimate of drug-likeness (QED) is 0.0917. The van der Waals surface area contributed by atoms with Gasteiger partial charge in [0.1, 0.15) is 0 Å². The Labute approximate surface area is 614 Å². The van der Waals surface area contributed by atoms with Gasteiger partial charge in [0.05, 0.1) is 16.7 Å². The minimum atomic E-state index is -3.13. The molecule has 2 aliphatic heterocycles. The van der Waals surface area contributed by atoms with E-state index in [0.29, 0.717) is 0 Å². The van der Waals surface area contributed by atoms with Gasteiger partial charge in [-0.25, -0.2) is 0 Å². The Bertz CT molecular complexity index is 5680. The van der Waals surface area contributed by atoms with Crippen LogP contribution in [0, 0.1) is 0 Å². The summed E-state index contributed by atoms with van der Waals surface area (Å²) >= 11 is 0. The Balaban J connectivity index is 0.967. The first-order valence-electron chi connectivity index (χ1n) is 36.7. The van der Waals surface area contributed by atoms with E-state index in [2.05, 4.69) is 426 Å². The van der Waals surface area contributed by atoms with Crippen LogP contribution in [0.15, 0.2) is 370 Å². The van der Waals surface area contributed by atoms with E-state index in [1.165, 1.54) is 113 Å². The summed E-state index contributed by atoms with van der Waals surface area (Å²) in [6, 6.07) is 141. The first-order valence-corrected chi connectivity index (χ1v) is 40.7. The summed E-state index contributed by atoms with van der Waals surface area (Å²) in [6.07, 6.45) is 0. The molecule has 0 aliphatic carbocycles. The second-order valence-electron chi connectivity index (χ2n) is 30.4. The van der Waals surface area contributed by atoms with E-state index in [1.807, 2.05) is 0 Å². The number of hydrogen-bond donors (Lipinski definition) is 1. The first-order chi connectivity index (χ1) is 50.8. The van der Waals surface area contributed by atoms with Crippen molar-refractivity contribution in [3.05, 3.63) is 381 Å². The molecule has 0 bridgehead atoms. The predicted octanol–water partition coefficient (Wildman–Crippen LogP) is 17.5. The number of rotatable bonds is 13. The molecule has 1 N–H and O–H groups in total. The lowest BCUT2D eigenvalue weighted by molar-refractivity contribution is 0.590. The van der Waals surface area contributed by atoms with Crippen LogP contribution in [-0.2, 0) is 10.8 Å². The summed E-state index contributed by atoms with van der Waals surface area (Å²) in [5.41, 5.74) is 22.2.